The lowest BCUT2D eigenvalue weighted by Gasteiger charge is -2.18. The summed E-state index contributed by atoms with van der Waals surface area (Å²) in [5, 5.41) is 16.4. The van der Waals surface area contributed by atoms with Crippen molar-refractivity contribution < 1.29 is 30.7 Å². The number of ketones is 1. The molecule has 0 spiro atoms. The highest BCUT2D eigenvalue weighted by Crippen LogP contribution is 2.35. The van der Waals surface area contributed by atoms with E-state index in [1.54, 1.807) is 24.3 Å². The van der Waals surface area contributed by atoms with Crippen molar-refractivity contribution in [3.05, 3.63) is 125 Å². The average Bonchev–Trinajstić information content (AvgIpc) is 3.03. The van der Waals surface area contributed by atoms with Crippen LogP contribution in [0.25, 0.3) is 16.8 Å². The molecule has 0 heterocycles. The molecule has 0 saturated heterocycles. The average molecular weight is 668 g/mol. The van der Waals surface area contributed by atoms with E-state index < -0.39 is 41.5 Å². The fourth-order valence-corrected chi connectivity index (χ4v) is 6.07. The van der Waals surface area contributed by atoms with Crippen LogP contribution < -0.4 is 10.7 Å². The summed E-state index contributed by atoms with van der Waals surface area (Å²) >= 11 is 0. The number of benzene rings is 5. The summed E-state index contributed by atoms with van der Waals surface area (Å²) in [5.41, 5.74) is 5.97. The molecule has 0 unspecified atom stereocenters. The van der Waals surface area contributed by atoms with Crippen LogP contribution >= 0.6 is 0 Å². The molecule has 1 aliphatic rings. The van der Waals surface area contributed by atoms with Gasteiger partial charge in [-0.2, -0.15) is 27.1 Å². The molecule has 0 radical (unpaired) electrons. The number of rotatable bonds is 8. The predicted molar refractivity (Wildman–Crippen MR) is 180 cm³/mol. The van der Waals surface area contributed by atoms with Crippen molar-refractivity contribution in [2.24, 2.45) is 15.3 Å². The van der Waals surface area contributed by atoms with Gasteiger partial charge >= 0.3 is 0 Å². The molecular weight excluding hydrogens is 643 g/mol. The number of aryl methyl sites for hydroxylation is 1. The zero-order valence-electron chi connectivity index (χ0n) is 24.5. The first-order chi connectivity index (χ1) is 22.4. The van der Waals surface area contributed by atoms with Crippen molar-refractivity contribution in [1.29, 1.82) is 0 Å². The quantitative estimate of drug-likeness (QED) is 0.0740. The maximum atomic E-state index is 13.5. The van der Waals surface area contributed by atoms with Gasteiger partial charge in [0.25, 0.3) is 20.2 Å². The van der Waals surface area contributed by atoms with E-state index in [1.807, 2.05) is 49.4 Å². The molecule has 0 amide bonds. The molecule has 4 N–H and O–H groups in total. The van der Waals surface area contributed by atoms with Gasteiger partial charge in [-0.3, -0.25) is 19.3 Å². The van der Waals surface area contributed by atoms with E-state index in [0.29, 0.717) is 16.8 Å². The van der Waals surface area contributed by atoms with Gasteiger partial charge in [0.15, 0.2) is 5.71 Å². The molecule has 0 bridgehead atoms. The summed E-state index contributed by atoms with van der Waals surface area (Å²) in [7, 11) is -9.48. The number of para-hydroxylation sites is 1. The van der Waals surface area contributed by atoms with Crippen LogP contribution in [0.5, 0.6) is 0 Å². The molecule has 14 heteroatoms. The predicted octanol–water partition coefficient (Wildman–Crippen LogP) is 7.45. The lowest BCUT2D eigenvalue weighted by atomic mass is 9.94. The van der Waals surface area contributed by atoms with Gasteiger partial charge in [0, 0.05) is 27.7 Å². The van der Waals surface area contributed by atoms with E-state index in [1.165, 1.54) is 36.4 Å². The van der Waals surface area contributed by atoms with Crippen LogP contribution in [0.2, 0.25) is 0 Å². The Morgan fingerprint density at radius 3 is 2.15 bits per heavy atom. The summed E-state index contributed by atoms with van der Waals surface area (Å²) in [6.07, 6.45) is 1.16. The van der Waals surface area contributed by atoms with Crippen molar-refractivity contribution in [3.8, 4) is 0 Å². The fourth-order valence-electron chi connectivity index (χ4n) is 4.90. The zero-order chi connectivity index (χ0) is 33.3. The Bertz CT molecular complexity index is 2370. The molecule has 1 aliphatic carbocycles. The molecule has 47 heavy (non-hydrogen) atoms. The summed E-state index contributed by atoms with van der Waals surface area (Å²) in [6, 6.07) is 28.0. The van der Waals surface area contributed by atoms with Crippen molar-refractivity contribution >= 4 is 77.0 Å². The molecule has 6 rings (SSSR count). The Morgan fingerprint density at radius 2 is 1.45 bits per heavy atom. The number of carbonyl (C=O) groups excluding carboxylic acids is 1. The molecule has 0 saturated carbocycles. The smallest absolute Gasteiger partial charge is 0.296 e. The monoisotopic (exact) mass is 667 g/mol. The van der Waals surface area contributed by atoms with Gasteiger partial charge in [-0.1, -0.05) is 42.0 Å². The Balaban J connectivity index is 1.39. The lowest BCUT2D eigenvalue weighted by Crippen LogP contribution is -2.27. The molecule has 0 aromatic heterocycles. The van der Waals surface area contributed by atoms with Crippen LogP contribution in [0.15, 0.2) is 128 Å². The Labute approximate surface area is 269 Å². The third kappa shape index (κ3) is 6.85. The number of carbonyl (C=O) groups is 1. The maximum absolute atomic E-state index is 13.5. The number of Topliss-reactive ketones (excluding diaryl/α,β-unsaturated/α-hetero) is 1. The van der Waals surface area contributed by atoms with Gasteiger partial charge in [0.2, 0.25) is 5.78 Å². The van der Waals surface area contributed by atoms with Crippen LogP contribution in [0.3, 0.4) is 0 Å². The topological polar surface area (TPSA) is 187 Å². The van der Waals surface area contributed by atoms with E-state index in [4.69, 9.17) is 0 Å². The van der Waals surface area contributed by atoms with E-state index in [-0.39, 0.29) is 27.9 Å². The number of nitrogens with zero attached hydrogens (tertiary/aromatic N) is 3. The minimum Gasteiger partial charge on any atom is -0.356 e. The molecular formula is C33H25N5O7S2. The van der Waals surface area contributed by atoms with Gasteiger partial charge in [0.05, 0.1) is 22.0 Å². The molecule has 0 atom stereocenters. The second-order valence-corrected chi connectivity index (χ2v) is 13.3. The Morgan fingerprint density at radius 1 is 0.702 bits per heavy atom. The highest BCUT2D eigenvalue weighted by atomic mass is 32.2. The van der Waals surface area contributed by atoms with Crippen LogP contribution in [0, 0.1) is 6.92 Å². The normalized spacial score (nSPS) is 14.3. The Hall–Kier alpha value is -5.54. The van der Waals surface area contributed by atoms with Crippen LogP contribution in [-0.2, 0) is 20.2 Å². The number of hydrazone groups is 1. The number of nitrogens with one attached hydrogen (secondary N) is 2. The van der Waals surface area contributed by atoms with Crippen molar-refractivity contribution in [3.63, 3.8) is 0 Å². The first-order valence-electron chi connectivity index (χ1n) is 13.9. The minimum atomic E-state index is -4.91. The Kier molecular flexibility index (Phi) is 8.25. The standard InChI is InChI=1S/C33H25N5O7S2/c1-20-7-9-23(10-8-20)35-36-30-16-15-29(27-14-12-25(19-28(27)30)46(40,41)42)37-38-32-31(47(43,44)45)18-21-17-24(11-13-26(21)33(32)39)34-22-5-3-2-4-6-22/h2-19,34,37H,1H3,(H,40,41,42)(H,43,44,45)/b36-35?,38-32-. The van der Waals surface area contributed by atoms with Gasteiger partial charge in [-0.15, -0.1) is 5.11 Å². The van der Waals surface area contributed by atoms with Crippen molar-refractivity contribution in [1.82, 2.24) is 0 Å². The van der Waals surface area contributed by atoms with Gasteiger partial charge in [0.1, 0.15) is 4.91 Å². The molecule has 5 aromatic rings. The van der Waals surface area contributed by atoms with Gasteiger partial charge in [-0.05, 0) is 85.3 Å². The zero-order valence-corrected chi connectivity index (χ0v) is 26.1. The molecule has 236 valence electrons. The van der Waals surface area contributed by atoms with E-state index in [0.717, 1.165) is 17.3 Å². The first kappa shape index (κ1) is 31.4. The number of allylic oxidation sites excluding steroid dienone is 1. The van der Waals surface area contributed by atoms with Crippen LogP contribution in [0.4, 0.5) is 28.4 Å². The summed E-state index contributed by atoms with van der Waals surface area (Å²) < 4.78 is 68.5. The number of hydrogen-bond donors (Lipinski definition) is 4. The largest absolute Gasteiger partial charge is 0.356 e. The van der Waals surface area contributed by atoms with Crippen LogP contribution in [-0.4, -0.2) is 37.4 Å². The van der Waals surface area contributed by atoms with Crippen molar-refractivity contribution in [2.45, 2.75) is 11.8 Å². The van der Waals surface area contributed by atoms with Gasteiger partial charge in [-0.25, -0.2) is 0 Å². The second kappa shape index (κ2) is 12.3. The molecule has 12 nitrogen and oxygen atoms in total. The summed E-state index contributed by atoms with van der Waals surface area (Å²) in [4.78, 5) is 12.4. The second-order valence-electron chi connectivity index (χ2n) is 10.5. The number of azo groups is 1. The SMILES string of the molecule is Cc1ccc(N=Nc2ccc(N/N=C3\C(=O)c4ccc(Nc5ccccc5)cc4C=C3S(=O)(=O)O)c3ccc(S(=O)(=O)O)cc23)cc1. The molecule has 0 fully saturated rings. The van der Waals surface area contributed by atoms with Crippen LogP contribution in [0.1, 0.15) is 21.5 Å². The van der Waals surface area contributed by atoms with E-state index in [2.05, 4.69) is 26.1 Å². The fraction of sp³-hybridized carbons (Fsp3) is 0.0303. The highest BCUT2D eigenvalue weighted by Gasteiger charge is 2.33. The maximum Gasteiger partial charge on any atom is 0.296 e. The summed E-state index contributed by atoms with van der Waals surface area (Å²) in [6.45, 7) is 1.93. The molecule has 0 aliphatic heterocycles. The third-order valence-corrected chi connectivity index (χ3v) is 8.95. The summed E-state index contributed by atoms with van der Waals surface area (Å²) in [5.74, 6) is -0.754. The van der Waals surface area contributed by atoms with E-state index >= 15 is 0 Å². The van der Waals surface area contributed by atoms with Gasteiger partial charge < -0.3 is 5.32 Å². The molecule has 5 aromatic carbocycles. The lowest BCUT2D eigenvalue weighted by molar-refractivity contribution is 0.106. The van der Waals surface area contributed by atoms with Crippen molar-refractivity contribution in [2.75, 3.05) is 10.7 Å². The highest BCUT2D eigenvalue weighted by molar-refractivity contribution is 7.91. The minimum absolute atomic E-state index is 0.158. The third-order valence-electron chi connectivity index (χ3n) is 7.23. The number of hydrogen-bond acceptors (Lipinski definition) is 10. The number of fused-ring (bicyclic) bond motifs is 2. The first-order valence-corrected chi connectivity index (χ1v) is 16.8. The van der Waals surface area contributed by atoms with E-state index in [9.17, 15) is 30.7 Å². The number of anilines is 3.